The van der Waals surface area contributed by atoms with Crippen LogP contribution in [0.1, 0.15) is 53.9 Å². The van der Waals surface area contributed by atoms with Crippen molar-refractivity contribution in [2.24, 2.45) is 5.92 Å². The van der Waals surface area contributed by atoms with Gasteiger partial charge in [0.25, 0.3) is 11.5 Å². The molecular weight excluding hydrogens is 378 g/mol. The van der Waals surface area contributed by atoms with E-state index in [2.05, 4.69) is 28.3 Å². The topological polar surface area (TPSA) is 94.3 Å². The van der Waals surface area contributed by atoms with Crippen LogP contribution in [0.3, 0.4) is 0 Å². The maximum Gasteiger partial charge on any atom is 0.273 e. The molecule has 0 radical (unpaired) electrons. The molecule has 0 atom stereocenters. The fourth-order valence-corrected chi connectivity index (χ4v) is 4.54. The molecule has 2 aliphatic rings. The van der Waals surface area contributed by atoms with Crippen LogP contribution in [0.25, 0.3) is 16.9 Å². The molecule has 152 valence electrons. The van der Waals surface area contributed by atoms with Gasteiger partial charge in [-0.3, -0.25) is 14.7 Å². The average Bonchev–Trinajstić information content (AvgIpc) is 3.18. The summed E-state index contributed by atoms with van der Waals surface area (Å²) >= 11 is 0. The molecule has 7 heteroatoms. The number of nitrogens with one attached hydrogen (secondary N) is 1. The predicted octanol–water partition coefficient (Wildman–Crippen LogP) is 3.33. The molecular formula is C23H23N5O2. The third kappa shape index (κ3) is 3.18. The molecule has 30 heavy (non-hydrogen) atoms. The van der Waals surface area contributed by atoms with Crippen LogP contribution in [0.4, 0.5) is 0 Å². The number of aromatic nitrogens is 3. The molecule has 1 saturated heterocycles. The lowest BCUT2D eigenvalue weighted by molar-refractivity contribution is 0.0579. The van der Waals surface area contributed by atoms with Crippen LogP contribution in [-0.4, -0.2) is 38.5 Å². The Morgan fingerprint density at radius 1 is 1.13 bits per heavy atom. The predicted molar refractivity (Wildman–Crippen MR) is 112 cm³/mol. The van der Waals surface area contributed by atoms with E-state index in [4.69, 9.17) is 5.26 Å². The van der Waals surface area contributed by atoms with Crippen molar-refractivity contribution in [2.45, 2.75) is 38.0 Å². The van der Waals surface area contributed by atoms with E-state index in [-0.39, 0.29) is 17.4 Å². The number of hydrogen-bond acceptors (Lipinski definition) is 4. The maximum absolute atomic E-state index is 12.8. The molecule has 0 bridgehead atoms. The number of rotatable bonds is 3. The first kappa shape index (κ1) is 18.6. The number of carbonyl (C=O) groups excluding carboxylic acids is 1. The Hall–Kier alpha value is -3.40. The number of hydrogen-bond donors (Lipinski definition) is 1. The standard InChI is InChI=1S/C23H23N5O2/c24-11-15-13-27(14-15)23(30)19-12-25-28-21(29)10-20(26-22(19)28)18-8-6-17(7-9-18)16-4-2-1-3-5-16/h6-10,12,15-16,25H,1-5,13-14H2. The van der Waals surface area contributed by atoms with Crippen LogP contribution >= 0.6 is 0 Å². The van der Waals surface area contributed by atoms with Crippen molar-refractivity contribution >= 4 is 11.6 Å². The largest absolute Gasteiger partial charge is 0.336 e. The summed E-state index contributed by atoms with van der Waals surface area (Å²) in [7, 11) is 0. The van der Waals surface area contributed by atoms with Gasteiger partial charge in [-0.25, -0.2) is 9.50 Å². The molecule has 0 spiro atoms. The first-order chi connectivity index (χ1) is 14.6. The minimum absolute atomic E-state index is 0.118. The van der Waals surface area contributed by atoms with Gasteiger partial charge in [-0.05, 0) is 24.3 Å². The minimum atomic E-state index is -0.260. The lowest BCUT2D eigenvalue weighted by Gasteiger charge is -2.34. The first-order valence-corrected chi connectivity index (χ1v) is 10.5. The molecule has 1 aliphatic heterocycles. The fraction of sp³-hybridized carbons (Fsp3) is 0.391. The van der Waals surface area contributed by atoms with Crippen LogP contribution < -0.4 is 5.56 Å². The van der Waals surface area contributed by atoms with Gasteiger partial charge in [-0.15, -0.1) is 0 Å². The Morgan fingerprint density at radius 3 is 2.57 bits per heavy atom. The molecule has 1 aliphatic carbocycles. The summed E-state index contributed by atoms with van der Waals surface area (Å²) in [5.74, 6) is 0.293. The number of fused-ring (bicyclic) bond motifs is 1. The van der Waals surface area contributed by atoms with Crippen LogP contribution in [-0.2, 0) is 0 Å². The van der Waals surface area contributed by atoms with E-state index in [0.29, 0.717) is 35.9 Å². The van der Waals surface area contributed by atoms with Gasteiger partial charge in [-0.1, -0.05) is 43.5 Å². The van der Waals surface area contributed by atoms with Crippen molar-refractivity contribution in [3.05, 3.63) is 58.0 Å². The molecule has 1 amide bonds. The Balaban J connectivity index is 1.46. The van der Waals surface area contributed by atoms with Gasteiger partial charge < -0.3 is 4.90 Å². The van der Waals surface area contributed by atoms with Gasteiger partial charge in [0, 0.05) is 30.9 Å². The summed E-state index contributed by atoms with van der Waals surface area (Å²) in [5.41, 5.74) is 3.18. The van der Waals surface area contributed by atoms with Gasteiger partial charge in [-0.2, -0.15) is 5.26 Å². The van der Waals surface area contributed by atoms with Crippen LogP contribution in [0.2, 0.25) is 0 Å². The van der Waals surface area contributed by atoms with E-state index >= 15 is 0 Å². The number of carbonyl (C=O) groups is 1. The van der Waals surface area contributed by atoms with Gasteiger partial charge in [0.15, 0.2) is 5.65 Å². The molecule has 5 rings (SSSR count). The summed E-state index contributed by atoms with van der Waals surface area (Å²) < 4.78 is 1.29. The Bertz CT molecular complexity index is 1190. The van der Waals surface area contributed by atoms with E-state index in [9.17, 15) is 9.59 Å². The van der Waals surface area contributed by atoms with Gasteiger partial charge in [0.2, 0.25) is 0 Å². The highest BCUT2D eigenvalue weighted by Gasteiger charge is 2.32. The second kappa shape index (κ2) is 7.45. The highest BCUT2D eigenvalue weighted by molar-refractivity contribution is 6.00. The summed E-state index contributed by atoms with van der Waals surface area (Å²) in [6.07, 6.45) is 7.90. The van der Waals surface area contributed by atoms with Crippen molar-refractivity contribution in [3.63, 3.8) is 0 Å². The molecule has 7 nitrogen and oxygen atoms in total. The number of nitrogens with zero attached hydrogens (tertiary/aromatic N) is 4. The third-order valence-corrected chi connectivity index (χ3v) is 6.36. The van der Waals surface area contributed by atoms with Crippen molar-refractivity contribution < 1.29 is 4.79 Å². The number of aromatic amines is 1. The number of likely N-dealkylation sites (tertiary alicyclic amines) is 1. The summed E-state index contributed by atoms with van der Waals surface area (Å²) in [5, 5.41) is 11.8. The smallest absolute Gasteiger partial charge is 0.273 e. The van der Waals surface area contributed by atoms with Crippen molar-refractivity contribution in [1.29, 1.82) is 5.26 Å². The number of amides is 1. The molecule has 1 saturated carbocycles. The number of benzene rings is 1. The van der Waals surface area contributed by atoms with E-state index in [1.807, 2.05) is 12.1 Å². The Morgan fingerprint density at radius 2 is 1.87 bits per heavy atom. The second-order valence-corrected chi connectivity index (χ2v) is 8.32. The molecule has 1 aromatic carbocycles. The second-order valence-electron chi connectivity index (χ2n) is 8.32. The van der Waals surface area contributed by atoms with Crippen molar-refractivity contribution in [1.82, 2.24) is 19.5 Å². The summed E-state index contributed by atoms with van der Waals surface area (Å²) in [4.78, 5) is 31.6. The van der Waals surface area contributed by atoms with Gasteiger partial charge >= 0.3 is 0 Å². The zero-order valence-electron chi connectivity index (χ0n) is 16.7. The third-order valence-electron chi connectivity index (χ3n) is 6.36. The number of nitriles is 1. The molecule has 2 aromatic heterocycles. The van der Waals surface area contributed by atoms with E-state index < -0.39 is 0 Å². The van der Waals surface area contributed by atoms with E-state index in [1.54, 1.807) is 4.90 Å². The van der Waals surface area contributed by atoms with Crippen molar-refractivity contribution in [2.75, 3.05) is 13.1 Å². The summed E-state index contributed by atoms with van der Waals surface area (Å²) in [6, 6.07) is 12.0. The molecule has 2 fully saturated rings. The summed E-state index contributed by atoms with van der Waals surface area (Å²) in [6.45, 7) is 0.832. The molecule has 3 aromatic rings. The van der Waals surface area contributed by atoms with Crippen LogP contribution in [0.5, 0.6) is 0 Å². The fourth-order valence-electron chi connectivity index (χ4n) is 4.54. The molecule has 3 heterocycles. The average molecular weight is 401 g/mol. The van der Waals surface area contributed by atoms with E-state index in [0.717, 1.165) is 5.56 Å². The lowest BCUT2D eigenvalue weighted by atomic mass is 9.84. The number of H-pyrrole nitrogens is 1. The SMILES string of the molecule is N#CC1CN(C(=O)c2c[nH]n3c(=O)cc(-c4ccc(C5CCCCC5)cc4)nc23)C1. The maximum atomic E-state index is 12.8. The monoisotopic (exact) mass is 401 g/mol. The quantitative estimate of drug-likeness (QED) is 0.728. The van der Waals surface area contributed by atoms with Gasteiger partial charge in [0.1, 0.15) is 5.56 Å². The van der Waals surface area contributed by atoms with Crippen molar-refractivity contribution in [3.8, 4) is 17.3 Å². The lowest BCUT2D eigenvalue weighted by Crippen LogP contribution is -2.49. The highest BCUT2D eigenvalue weighted by atomic mass is 16.2. The zero-order valence-corrected chi connectivity index (χ0v) is 16.7. The first-order valence-electron chi connectivity index (χ1n) is 10.5. The Labute approximate surface area is 173 Å². The van der Waals surface area contributed by atoms with Crippen LogP contribution in [0.15, 0.2) is 41.3 Å². The zero-order chi connectivity index (χ0) is 20.7. The Kier molecular flexibility index (Phi) is 4.62. The van der Waals surface area contributed by atoms with Crippen LogP contribution in [0, 0.1) is 17.2 Å². The highest BCUT2D eigenvalue weighted by Crippen LogP contribution is 2.33. The molecule has 0 unspecified atom stereocenters. The van der Waals surface area contributed by atoms with E-state index in [1.165, 1.54) is 54.4 Å². The van der Waals surface area contributed by atoms with Gasteiger partial charge in [0.05, 0.1) is 17.7 Å². The normalized spacial score (nSPS) is 17.6. The minimum Gasteiger partial charge on any atom is -0.336 e. The molecule has 1 N–H and O–H groups in total.